The summed E-state index contributed by atoms with van der Waals surface area (Å²) in [6.07, 6.45) is 12.9. The number of carbonyl (C=O) groups excluding carboxylic acids is 1. The smallest absolute Gasteiger partial charge is 0.330 e. The molecule has 0 heterocycles. The van der Waals surface area contributed by atoms with Crippen LogP contribution in [0.3, 0.4) is 0 Å². The van der Waals surface area contributed by atoms with Gasteiger partial charge < -0.3 is 9.84 Å². The normalized spacial score (nSPS) is 22.1. The van der Waals surface area contributed by atoms with E-state index in [0.717, 1.165) is 24.0 Å². The highest BCUT2D eigenvalue weighted by molar-refractivity contribution is 5.83. The number of hydrogen-bond donors (Lipinski definition) is 1. The Bertz CT molecular complexity index is 628. The molecule has 0 amide bonds. The van der Waals surface area contributed by atoms with Gasteiger partial charge in [0.15, 0.2) is 0 Å². The van der Waals surface area contributed by atoms with Crippen molar-refractivity contribution in [2.45, 2.75) is 60.5 Å². The largest absolute Gasteiger partial charge is 0.463 e. The predicted octanol–water partition coefficient (Wildman–Crippen LogP) is 5.05. The molecule has 1 rings (SSSR count). The number of rotatable bonds is 6. The van der Waals surface area contributed by atoms with Crippen LogP contribution < -0.4 is 0 Å². The van der Waals surface area contributed by atoms with Gasteiger partial charge in [-0.3, -0.25) is 0 Å². The summed E-state index contributed by atoms with van der Waals surface area (Å²) in [5.41, 5.74) is 4.55. The van der Waals surface area contributed by atoms with Crippen molar-refractivity contribution in [2.75, 3.05) is 6.61 Å². The zero-order valence-electron chi connectivity index (χ0n) is 16.4. The molecule has 3 nitrogen and oxygen atoms in total. The lowest BCUT2D eigenvalue weighted by molar-refractivity contribution is -0.137. The molecule has 0 saturated heterocycles. The fourth-order valence-corrected chi connectivity index (χ4v) is 3.22. The third kappa shape index (κ3) is 7.27. The van der Waals surface area contributed by atoms with E-state index in [-0.39, 0.29) is 17.5 Å². The summed E-state index contributed by atoms with van der Waals surface area (Å²) in [5.74, 6) is -0.311. The number of aliphatic hydroxyl groups is 1. The molecule has 25 heavy (non-hydrogen) atoms. The van der Waals surface area contributed by atoms with Crippen LogP contribution in [0.5, 0.6) is 0 Å². The summed E-state index contributed by atoms with van der Waals surface area (Å²) in [5, 5.41) is 9.96. The van der Waals surface area contributed by atoms with Crippen molar-refractivity contribution >= 4 is 5.97 Å². The van der Waals surface area contributed by atoms with Gasteiger partial charge in [0, 0.05) is 6.08 Å². The molecule has 0 aliphatic heterocycles. The number of hydrogen-bond acceptors (Lipinski definition) is 3. The quantitative estimate of drug-likeness (QED) is 0.416. The minimum absolute atomic E-state index is 0.00661. The number of esters is 1. The maximum atomic E-state index is 11.4. The van der Waals surface area contributed by atoms with E-state index in [4.69, 9.17) is 4.74 Å². The molecule has 0 saturated carbocycles. The van der Waals surface area contributed by atoms with Crippen molar-refractivity contribution < 1.29 is 14.6 Å². The molecule has 1 N–H and O–H groups in total. The molecule has 1 aliphatic carbocycles. The van der Waals surface area contributed by atoms with Crippen molar-refractivity contribution in [3.63, 3.8) is 0 Å². The fraction of sp³-hybridized carbons (Fsp3) is 0.500. The van der Waals surface area contributed by atoms with Crippen LogP contribution in [-0.4, -0.2) is 23.8 Å². The third-order valence-corrected chi connectivity index (χ3v) is 4.34. The van der Waals surface area contributed by atoms with E-state index in [9.17, 15) is 9.90 Å². The van der Waals surface area contributed by atoms with Crippen LogP contribution in [0.1, 0.15) is 54.4 Å². The molecule has 0 aromatic carbocycles. The minimum Gasteiger partial charge on any atom is -0.463 e. The Hall–Kier alpha value is -1.87. The van der Waals surface area contributed by atoms with E-state index in [2.05, 4.69) is 32.9 Å². The van der Waals surface area contributed by atoms with E-state index < -0.39 is 0 Å². The van der Waals surface area contributed by atoms with Gasteiger partial charge in [0.05, 0.1) is 12.7 Å². The lowest BCUT2D eigenvalue weighted by Gasteiger charge is -2.35. The first-order valence-corrected chi connectivity index (χ1v) is 8.92. The molecule has 0 bridgehead atoms. The average molecular weight is 344 g/mol. The van der Waals surface area contributed by atoms with Crippen molar-refractivity contribution in [3.8, 4) is 0 Å². The van der Waals surface area contributed by atoms with Crippen LogP contribution >= 0.6 is 0 Å². The highest BCUT2D eigenvalue weighted by atomic mass is 16.5. The van der Waals surface area contributed by atoms with Crippen LogP contribution in [0.15, 0.2) is 58.7 Å². The van der Waals surface area contributed by atoms with Crippen LogP contribution in [0.25, 0.3) is 0 Å². The standard InChI is InChI=1S/C22H32O3/c1-7-25-21(24)13-17(3)10-8-9-16(2)11-12-20-18(4)14-19(23)15-22(20,5)6/h8-13,19,23H,7,14-15H2,1-6H3/b10-8+,12-11+,16-9-,17-13-. The van der Waals surface area contributed by atoms with Crippen LogP contribution in [-0.2, 0) is 9.53 Å². The Kier molecular flexibility index (Phi) is 8.11. The van der Waals surface area contributed by atoms with E-state index in [1.165, 1.54) is 17.2 Å². The van der Waals surface area contributed by atoms with Crippen LogP contribution in [0.2, 0.25) is 0 Å². The van der Waals surface area contributed by atoms with Crippen molar-refractivity contribution in [1.82, 2.24) is 0 Å². The van der Waals surface area contributed by atoms with Gasteiger partial charge >= 0.3 is 5.97 Å². The van der Waals surface area contributed by atoms with Gasteiger partial charge in [-0.15, -0.1) is 0 Å². The highest BCUT2D eigenvalue weighted by Gasteiger charge is 2.31. The summed E-state index contributed by atoms with van der Waals surface area (Å²) in [6.45, 7) is 12.6. The first-order valence-electron chi connectivity index (χ1n) is 8.92. The van der Waals surface area contributed by atoms with Crippen molar-refractivity contribution in [2.24, 2.45) is 5.41 Å². The molecular weight excluding hydrogens is 312 g/mol. The van der Waals surface area contributed by atoms with Crippen LogP contribution in [0.4, 0.5) is 0 Å². The SMILES string of the molecule is CCOC(=O)\C=C(C)/C=C/C=C(C)\C=C\C1=C(C)CC(O)CC1(C)C. The Morgan fingerprint density at radius 2 is 1.96 bits per heavy atom. The Balaban J connectivity index is 2.78. The molecule has 3 heteroatoms. The maximum Gasteiger partial charge on any atom is 0.330 e. The van der Waals surface area contributed by atoms with Gasteiger partial charge in [-0.05, 0) is 57.1 Å². The van der Waals surface area contributed by atoms with Crippen LogP contribution in [0, 0.1) is 5.41 Å². The summed E-state index contributed by atoms with van der Waals surface area (Å²) in [6, 6.07) is 0. The van der Waals surface area contributed by atoms with Crippen molar-refractivity contribution in [1.29, 1.82) is 0 Å². The minimum atomic E-state index is -0.311. The van der Waals surface area contributed by atoms with E-state index in [1.807, 2.05) is 32.1 Å². The van der Waals surface area contributed by atoms with Gasteiger partial charge in [0.1, 0.15) is 0 Å². The maximum absolute atomic E-state index is 11.4. The monoisotopic (exact) mass is 344 g/mol. The molecule has 1 atom stereocenters. The average Bonchev–Trinajstić information content (AvgIpc) is 2.45. The number of carbonyl (C=O) groups is 1. The molecule has 0 fully saturated rings. The Morgan fingerprint density at radius 1 is 1.28 bits per heavy atom. The molecule has 0 spiro atoms. The third-order valence-electron chi connectivity index (χ3n) is 4.34. The lowest BCUT2D eigenvalue weighted by Crippen LogP contribution is -2.28. The van der Waals surface area contributed by atoms with Crippen molar-refractivity contribution in [3.05, 3.63) is 58.7 Å². The zero-order chi connectivity index (χ0) is 19.0. The highest BCUT2D eigenvalue weighted by Crippen LogP contribution is 2.40. The second-order valence-corrected chi connectivity index (χ2v) is 7.38. The first kappa shape index (κ1) is 21.2. The van der Waals surface area contributed by atoms with Gasteiger partial charge in [-0.25, -0.2) is 4.79 Å². The fourth-order valence-electron chi connectivity index (χ4n) is 3.22. The predicted molar refractivity (Wildman–Crippen MR) is 104 cm³/mol. The second kappa shape index (κ2) is 9.57. The molecule has 0 aromatic rings. The summed E-state index contributed by atoms with van der Waals surface area (Å²) in [7, 11) is 0. The molecule has 138 valence electrons. The van der Waals surface area contributed by atoms with E-state index >= 15 is 0 Å². The number of aliphatic hydroxyl groups excluding tert-OH is 1. The Labute approximate surface area is 152 Å². The van der Waals surface area contributed by atoms with E-state index in [1.54, 1.807) is 6.92 Å². The molecule has 1 aliphatic rings. The zero-order valence-corrected chi connectivity index (χ0v) is 16.4. The topological polar surface area (TPSA) is 46.5 Å². The second-order valence-electron chi connectivity index (χ2n) is 7.38. The summed E-state index contributed by atoms with van der Waals surface area (Å²) < 4.78 is 4.88. The lowest BCUT2D eigenvalue weighted by atomic mass is 9.71. The number of allylic oxidation sites excluding steroid dienone is 8. The van der Waals surface area contributed by atoms with Gasteiger partial charge in [-0.2, -0.15) is 0 Å². The molecule has 0 radical (unpaired) electrons. The number of ether oxygens (including phenoxy) is 1. The van der Waals surface area contributed by atoms with Gasteiger partial charge in [0.2, 0.25) is 0 Å². The summed E-state index contributed by atoms with van der Waals surface area (Å²) in [4.78, 5) is 11.4. The first-order chi connectivity index (χ1) is 11.7. The molecule has 0 aromatic heterocycles. The van der Waals surface area contributed by atoms with Gasteiger partial charge in [0.25, 0.3) is 0 Å². The molecule has 1 unspecified atom stereocenters. The van der Waals surface area contributed by atoms with Gasteiger partial charge in [-0.1, -0.05) is 55.4 Å². The summed E-state index contributed by atoms with van der Waals surface area (Å²) >= 11 is 0. The Morgan fingerprint density at radius 3 is 2.56 bits per heavy atom. The molecular formula is C22H32O3. The van der Waals surface area contributed by atoms with E-state index in [0.29, 0.717) is 6.61 Å².